The normalized spacial score (nSPS) is 37.9. The average Bonchev–Trinajstić information content (AvgIpc) is 3.33. The first kappa shape index (κ1) is 67.1. The smallest absolute Gasteiger partial charge is 0.331 e. The number of fused-ring (bicyclic) bond motifs is 2. The van der Waals surface area contributed by atoms with Gasteiger partial charge in [0.1, 0.15) is 24.7 Å². The SMILES string of the molecule is CN=C(N)NCCC/C=C/CCC[C@H](C)[C@@H]1OC(=O)/C=C\C=C\[C@@H](C)[C@@H](O)C[C@H](O)[C@H](C)[C@H](O)CC[C@@H](C)[C@@H](O)C[C@]2(O)O[C@H](C[C@H](OC(=O)CC(=O)O)C[C@@H](O)C[C@H](O)C[C@H](O)/C(C)=C/C=C/[C@@H]1C)C[C@@H](O)[C@@H]2O. The number of nitrogens with two attached hydrogens (primary N) is 1. The zero-order valence-electron chi connectivity index (χ0n) is 45.2. The number of aliphatic imine (C=N–C) groups is 1. The summed E-state index contributed by atoms with van der Waals surface area (Å²) in [5.74, 6) is -7.44. The Morgan fingerprint density at radius 2 is 1.48 bits per heavy atom. The standard InChI is InChI=1S/C55H93N3O17/c1-33-17-13-14-21-50(69)74-52(36(4)18-12-10-8-9-11-15-24-58-54(56)57-7)37(5)20-16-19-34(2)44(62)27-40(60)25-39(59)26-41(73-51(70)31-49(67)68)28-42-29-47(65)53(71)55(72,75-42)32-48(66)35(3)22-23-43(61)38(6)46(64)30-45(33)63/h8-9,13-14,16-17,19-21,33,35-48,52-53,59-66,71-72H,10-12,15,18,22-32H2,1-7H3,(H,67,68)(H3,56,57,58)/b9-8+,17-13+,20-16+,21-14-,34-19+/t33-,35-,36+,37+,38-,39+,40+,41-,42-,43-,44+,45+,46+,47-,48+,52+,53+,55+/m1/s1. The van der Waals surface area contributed by atoms with Crippen LogP contribution in [0.3, 0.4) is 0 Å². The fourth-order valence-corrected chi connectivity index (χ4v) is 9.32. The molecular formula is C55H93N3O17. The van der Waals surface area contributed by atoms with Crippen LogP contribution in [-0.4, -0.2) is 173 Å². The molecular weight excluding hydrogens is 975 g/mol. The highest BCUT2D eigenvalue weighted by molar-refractivity contribution is 5.90. The highest BCUT2D eigenvalue weighted by Crippen LogP contribution is 2.36. The summed E-state index contributed by atoms with van der Waals surface area (Å²) in [4.78, 5) is 41.1. The molecule has 2 rings (SSSR count). The zero-order valence-corrected chi connectivity index (χ0v) is 45.2. The molecule has 2 bridgehead atoms. The number of allylic oxidation sites excluding steroid dienone is 6. The second-order valence-corrected chi connectivity index (χ2v) is 21.1. The maximum absolute atomic E-state index is 13.3. The van der Waals surface area contributed by atoms with Crippen LogP contribution >= 0.6 is 0 Å². The lowest BCUT2D eigenvalue weighted by atomic mass is 9.84. The summed E-state index contributed by atoms with van der Waals surface area (Å²) in [5, 5.41) is 123. The molecule has 0 spiro atoms. The van der Waals surface area contributed by atoms with Gasteiger partial charge in [0, 0.05) is 75.9 Å². The molecule has 0 radical (unpaired) electrons. The van der Waals surface area contributed by atoms with E-state index in [9.17, 15) is 70.6 Å². The van der Waals surface area contributed by atoms with Crippen LogP contribution in [0.1, 0.15) is 138 Å². The molecule has 430 valence electrons. The van der Waals surface area contributed by atoms with Gasteiger partial charge >= 0.3 is 17.9 Å². The minimum Gasteiger partial charge on any atom is -0.481 e. The van der Waals surface area contributed by atoms with Crippen LogP contribution < -0.4 is 11.1 Å². The van der Waals surface area contributed by atoms with Gasteiger partial charge in [-0.1, -0.05) is 83.2 Å². The van der Waals surface area contributed by atoms with E-state index in [1.54, 1.807) is 59.0 Å². The summed E-state index contributed by atoms with van der Waals surface area (Å²) >= 11 is 0. The second-order valence-electron chi connectivity index (χ2n) is 21.1. The van der Waals surface area contributed by atoms with Crippen molar-refractivity contribution < 1.29 is 84.8 Å². The third-order valence-corrected chi connectivity index (χ3v) is 14.5. The third kappa shape index (κ3) is 25.8. The molecule has 18 atom stereocenters. The van der Waals surface area contributed by atoms with E-state index in [1.165, 1.54) is 12.2 Å². The highest BCUT2D eigenvalue weighted by atomic mass is 16.7. The molecule has 0 aromatic carbocycles. The number of cyclic esters (lactones) is 1. The number of hydrogen-bond acceptors (Lipinski definition) is 17. The number of unbranched alkanes of at least 4 members (excludes halogenated alkanes) is 2. The Kier molecular flexibility index (Phi) is 31.0. The van der Waals surface area contributed by atoms with E-state index < -0.39 is 128 Å². The summed E-state index contributed by atoms with van der Waals surface area (Å²) in [6.07, 6.45) is 2.20. The Bertz CT molecular complexity index is 1880. The molecule has 75 heavy (non-hydrogen) atoms. The van der Waals surface area contributed by atoms with Gasteiger partial charge in [-0.15, -0.1) is 0 Å². The highest BCUT2D eigenvalue weighted by Gasteiger charge is 2.50. The molecule has 0 aromatic rings. The Morgan fingerprint density at radius 3 is 2.15 bits per heavy atom. The molecule has 0 saturated carbocycles. The van der Waals surface area contributed by atoms with Gasteiger partial charge in [-0.25, -0.2) is 4.79 Å². The molecule has 2 aliphatic rings. The van der Waals surface area contributed by atoms with E-state index in [0.29, 0.717) is 18.1 Å². The molecule has 1 saturated heterocycles. The third-order valence-electron chi connectivity index (χ3n) is 14.5. The van der Waals surface area contributed by atoms with E-state index in [4.69, 9.17) is 19.9 Å². The summed E-state index contributed by atoms with van der Waals surface area (Å²) < 4.78 is 17.3. The van der Waals surface area contributed by atoms with Crippen LogP contribution in [0.15, 0.2) is 65.2 Å². The minimum atomic E-state index is -2.52. The second kappa shape index (κ2) is 34.7. The van der Waals surface area contributed by atoms with Gasteiger partial charge in [0.25, 0.3) is 0 Å². The van der Waals surface area contributed by atoms with Gasteiger partial charge in [-0.3, -0.25) is 14.6 Å². The number of ether oxygens (including phenoxy) is 3. The van der Waals surface area contributed by atoms with Crippen LogP contribution in [0, 0.1) is 29.6 Å². The average molecular weight is 1070 g/mol. The number of rotatable bonds is 12. The van der Waals surface area contributed by atoms with Crippen LogP contribution in [-0.2, 0) is 28.6 Å². The van der Waals surface area contributed by atoms with Crippen LogP contribution in [0.25, 0.3) is 0 Å². The quantitative estimate of drug-likeness (QED) is 0.0334. The largest absolute Gasteiger partial charge is 0.481 e. The molecule has 20 nitrogen and oxygen atoms in total. The number of aliphatic hydroxyl groups is 10. The number of carboxylic acids is 1. The molecule has 0 aliphatic carbocycles. The van der Waals surface area contributed by atoms with E-state index >= 15 is 0 Å². The van der Waals surface area contributed by atoms with Crippen molar-refractivity contribution in [1.82, 2.24) is 5.32 Å². The number of nitrogens with one attached hydrogen (secondary N) is 1. The Hall–Kier alpha value is -4.06. The first-order valence-electron chi connectivity index (χ1n) is 26.7. The van der Waals surface area contributed by atoms with Crippen molar-refractivity contribution in [2.24, 2.45) is 40.3 Å². The van der Waals surface area contributed by atoms with E-state index in [2.05, 4.69) is 22.5 Å². The van der Waals surface area contributed by atoms with Gasteiger partial charge in [-0.05, 0) is 75.7 Å². The number of carboxylic acid groups (broad SMARTS) is 1. The summed E-state index contributed by atoms with van der Waals surface area (Å²) in [7, 11) is 1.62. The van der Waals surface area contributed by atoms with Crippen LogP contribution in [0.5, 0.6) is 0 Å². The first-order chi connectivity index (χ1) is 35.3. The van der Waals surface area contributed by atoms with Gasteiger partial charge in [-0.2, -0.15) is 0 Å². The van der Waals surface area contributed by atoms with Crippen molar-refractivity contribution in [3.8, 4) is 0 Å². The van der Waals surface area contributed by atoms with Crippen LogP contribution in [0.2, 0.25) is 0 Å². The lowest BCUT2D eigenvalue weighted by Crippen LogP contribution is -2.60. The van der Waals surface area contributed by atoms with E-state index in [-0.39, 0.29) is 63.2 Å². The molecule has 0 aromatic heterocycles. The van der Waals surface area contributed by atoms with Gasteiger partial charge in [0.15, 0.2) is 11.7 Å². The number of aliphatic hydroxyl groups excluding tert-OH is 9. The van der Waals surface area contributed by atoms with Gasteiger partial charge in [0.05, 0.1) is 54.9 Å². The summed E-state index contributed by atoms with van der Waals surface area (Å²) in [6.45, 7) is 11.3. The maximum atomic E-state index is 13.3. The number of esters is 2. The van der Waals surface area contributed by atoms with Gasteiger partial charge in [0.2, 0.25) is 0 Å². The zero-order chi connectivity index (χ0) is 56.4. The molecule has 1 fully saturated rings. The summed E-state index contributed by atoms with van der Waals surface area (Å²) in [5.41, 5.74) is 6.16. The number of guanidine groups is 1. The molecule has 14 N–H and O–H groups in total. The predicted octanol–water partition coefficient (Wildman–Crippen LogP) is 2.98. The molecule has 0 unspecified atom stereocenters. The fraction of sp³-hybridized carbons (Fsp3) is 0.745. The van der Waals surface area contributed by atoms with Crippen LogP contribution in [0.4, 0.5) is 0 Å². The Balaban J connectivity index is 2.40. The first-order valence-corrected chi connectivity index (χ1v) is 26.7. The Labute approximate surface area is 443 Å². The lowest BCUT2D eigenvalue weighted by Gasteiger charge is -2.45. The van der Waals surface area contributed by atoms with Gasteiger partial charge < -0.3 is 81.4 Å². The van der Waals surface area contributed by atoms with Crippen molar-refractivity contribution in [2.45, 2.75) is 217 Å². The number of aliphatic carboxylic acids is 1. The number of carbonyl (C=O) groups excluding carboxylic acids is 2. The fourth-order valence-electron chi connectivity index (χ4n) is 9.32. The van der Waals surface area contributed by atoms with Crippen molar-refractivity contribution >= 4 is 23.9 Å². The minimum absolute atomic E-state index is 0.0591. The topological polar surface area (TPSA) is 352 Å². The molecule has 2 heterocycles. The number of hydrogen-bond donors (Lipinski definition) is 13. The molecule has 20 heteroatoms. The van der Waals surface area contributed by atoms with Crippen molar-refractivity contribution in [1.29, 1.82) is 0 Å². The van der Waals surface area contributed by atoms with E-state index in [1.807, 2.05) is 19.9 Å². The molecule has 2 aliphatic heterocycles. The van der Waals surface area contributed by atoms with E-state index in [0.717, 1.165) is 32.1 Å². The van der Waals surface area contributed by atoms with Crippen molar-refractivity contribution in [3.05, 3.63) is 60.3 Å². The number of nitrogens with zero attached hydrogens (tertiary/aromatic N) is 1. The Morgan fingerprint density at radius 1 is 0.827 bits per heavy atom. The monoisotopic (exact) mass is 1070 g/mol. The maximum Gasteiger partial charge on any atom is 0.331 e. The van der Waals surface area contributed by atoms with Crippen molar-refractivity contribution in [2.75, 3.05) is 13.6 Å². The molecule has 0 amide bonds. The predicted molar refractivity (Wildman–Crippen MR) is 282 cm³/mol. The number of carbonyl (C=O) groups is 3. The summed E-state index contributed by atoms with van der Waals surface area (Å²) in [6, 6.07) is 0. The van der Waals surface area contributed by atoms with Crippen molar-refractivity contribution in [3.63, 3.8) is 0 Å². The lowest BCUT2D eigenvalue weighted by molar-refractivity contribution is -0.333.